The SMILES string of the molecule is COC[C@H](C)NC(=O)COc1ccc(OC)cc1[N+](=O)[O-]. The molecule has 8 heteroatoms. The lowest BCUT2D eigenvalue weighted by Crippen LogP contribution is -2.38. The highest BCUT2D eigenvalue weighted by Gasteiger charge is 2.18. The first-order valence-electron chi connectivity index (χ1n) is 6.21. The van der Waals surface area contributed by atoms with Gasteiger partial charge < -0.3 is 19.5 Å². The monoisotopic (exact) mass is 298 g/mol. The third-order valence-corrected chi connectivity index (χ3v) is 2.55. The van der Waals surface area contributed by atoms with E-state index in [1.165, 1.54) is 32.4 Å². The number of rotatable bonds is 8. The maximum absolute atomic E-state index is 11.6. The predicted octanol–water partition coefficient (Wildman–Crippen LogP) is 1.13. The zero-order chi connectivity index (χ0) is 15.8. The predicted molar refractivity (Wildman–Crippen MR) is 74.6 cm³/mol. The molecule has 1 aromatic carbocycles. The number of methoxy groups -OCH3 is 2. The smallest absolute Gasteiger partial charge is 0.314 e. The Balaban J connectivity index is 2.66. The van der Waals surface area contributed by atoms with Gasteiger partial charge in [-0.15, -0.1) is 0 Å². The molecule has 0 aromatic heterocycles. The second-order valence-electron chi connectivity index (χ2n) is 4.30. The molecule has 8 nitrogen and oxygen atoms in total. The van der Waals surface area contributed by atoms with Crippen LogP contribution in [0.25, 0.3) is 0 Å². The van der Waals surface area contributed by atoms with Crippen molar-refractivity contribution >= 4 is 11.6 Å². The number of benzene rings is 1. The molecule has 0 fully saturated rings. The first-order chi connectivity index (χ1) is 9.97. The van der Waals surface area contributed by atoms with Crippen LogP contribution < -0.4 is 14.8 Å². The Bertz CT molecular complexity index is 505. The van der Waals surface area contributed by atoms with Gasteiger partial charge >= 0.3 is 5.69 Å². The molecular weight excluding hydrogens is 280 g/mol. The summed E-state index contributed by atoms with van der Waals surface area (Å²) in [6.07, 6.45) is 0. The summed E-state index contributed by atoms with van der Waals surface area (Å²) in [7, 11) is 2.93. The number of carbonyl (C=O) groups is 1. The lowest BCUT2D eigenvalue weighted by molar-refractivity contribution is -0.385. The minimum atomic E-state index is -0.594. The van der Waals surface area contributed by atoms with E-state index in [9.17, 15) is 14.9 Å². The molecule has 116 valence electrons. The van der Waals surface area contributed by atoms with E-state index in [0.717, 1.165) is 0 Å². The van der Waals surface area contributed by atoms with Gasteiger partial charge in [-0.25, -0.2) is 0 Å². The van der Waals surface area contributed by atoms with Gasteiger partial charge in [0.1, 0.15) is 5.75 Å². The van der Waals surface area contributed by atoms with Gasteiger partial charge in [-0.2, -0.15) is 0 Å². The first kappa shape index (κ1) is 16.7. The summed E-state index contributed by atoms with van der Waals surface area (Å²) in [6.45, 7) is 1.83. The van der Waals surface area contributed by atoms with Gasteiger partial charge in [0.05, 0.1) is 24.7 Å². The molecule has 21 heavy (non-hydrogen) atoms. The van der Waals surface area contributed by atoms with Gasteiger partial charge in [0.2, 0.25) is 0 Å². The number of nitro benzene ring substituents is 1. The molecular formula is C13H18N2O6. The summed E-state index contributed by atoms with van der Waals surface area (Å²) < 4.78 is 15.0. The fourth-order valence-electron chi connectivity index (χ4n) is 1.64. The van der Waals surface area contributed by atoms with Crippen LogP contribution in [-0.4, -0.2) is 44.3 Å². The van der Waals surface area contributed by atoms with Crippen molar-refractivity contribution in [1.82, 2.24) is 5.32 Å². The van der Waals surface area contributed by atoms with Gasteiger partial charge in [-0.05, 0) is 19.1 Å². The first-order valence-corrected chi connectivity index (χ1v) is 6.21. The van der Waals surface area contributed by atoms with Crippen LogP contribution in [-0.2, 0) is 9.53 Å². The number of ether oxygens (including phenoxy) is 3. The standard InChI is InChI=1S/C13H18N2O6/c1-9(7-19-2)14-13(16)8-21-12-5-4-10(20-3)6-11(12)15(17)18/h4-6,9H,7-8H2,1-3H3,(H,14,16)/t9-/m0/s1. The van der Waals surface area contributed by atoms with E-state index in [0.29, 0.717) is 12.4 Å². The fourth-order valence-corrected chi connectivity index (χ4v) is 1.64. The van der Waals surface area contributed by atoms with Crippen molar-refractivity contribution in [2.24, 2.45) is 0 Å². The van der Waals surface area contributed by atoms with Crippen LogP contribution in [0.5, 0.6) is 11.5 Å². The lowest BCUT2D eigenvalue weighted by atomic mass is 10.3. The van der Waals surface area contributed by atoms with Crippen molar-refractivity contribution < 1.29 is 23.9 Å². The molecule has 1 amide bonds. The van der Waals surface area contributed by atoms with E-state index >= 15 is 0 Å². The van der Waals surface area contributed by atoms with Gasteiger partial charge in [-0.1, -0.05) is 0 Å². The van der Waals surface area contributed by atoms with E-state index in [4.69, 9.17) is 14.2 Å². The summed E-state index contributed by atoms with van der Waals surface area (Å²) in [5, 5.41) is 13.6. The number of nitrogens with one attached hydrogen (secondary N) is 1. The molecule has 1 N–H and O–H groups in total. The number of hydrogen-bond acceptors (Lipinski definition) is 6. The van der Waals surface area contributed by atoms with Crippen molar-refractivity contribution in [2.75, 3.05) is 27.4 Å². The normalized spacial score (nSPS) is 11.6. The molecule has 0 heterocycles. The summed E-state index contributed by atoms with van der Waals surface area (Å²) in [5.41, 5.74) is -0.257. The lowest BCUT2D eigenvalue weighted by Gasteiger charge is -2.13. The van der Waals surface area contributed by atoms with E-state index in [-0.39, 0.29) is 30.0 Å². The highest BCUT2D eigenvalue weighted by molar-refractivity contribution is 5.78. The Morgan fingerprint density at radius 2 is 2.14 bits per heavy atom. The molecule has 0 aliphatic heterocycles. The largest absolute Gasteiger partial charge is 0.496 e. The van der Waals surface area contributed by atoms with Crippen molar-refractivity contribution in [1.29, 1.82) is 0 Å². The van der Waals surface area contributed by atoms with E-state index in [2.05, 4.69) is 5.32 Å². The topological polar surface area (TPSA) is 99.9 Å². The highest BCUT2D eigenvalue weighted by Crippen LogP contribution is 2.30. The molecule has 0 saturated heterocycles. The van der Waals surface area contributed by atoms with Crippen molar-refractivity contribution in [2.45, 2.75) is 13.0 Å². The Morgan fingerprint density at radius 3 is 2.71 bits per heavy atom. The fraction of sp³-hybridized carbons (Fsp3) is 0.462. The number of nitrogens with zero attached hydrogens (tertiary/aromatic N) is 1. The van der Waals surface area contributed by atoms with Gasteiger partial charge in [0, 0.05) is 13.2 Å². The van der Waals surface area contributed by atoms with Gasteiger partial charge in [0.25, 0.3) is 5.91 Å². The van der Waals surface area contributed by atoms with Crippen LogP contribution in [0.4, 0.5) is 5.69 Å². The van der Waals surface area contributed by atoms with Crippen molar-refractivity contribution in [3.63, 3.8) is 0 Å². The molecule has 0 aliphatic rings. The average Bonchev–Trinajstić information content (AvgIpc) is 2.45. The van der Waals surface area contributed by atoms with E-state index in [1.54, 1.807) is 6.92 Å². The second-order valence-corrected chi connectivity index (χ2v) is 4.30. The average molecular weight is 298 g/mol. The molecule has 1 rings (SSSR count). The molecule has 0 radical (unpaired) electrons. The minimum absolute atomic E-state index is 0.00958. The number of hydrogen-bond donors (Lipinski definition) is 1. The number of amides is 1. The number of carbonyl (C=O) groups excluding carboxylic acids is 1. The maximum Gasteiger partial charge on any atom is 0.314 e. The minimum Gasteiger partial charge on any atom is -0.496 e. The third kappa shape index (κ3) is 5.27. The Labute approximate surface area is 122 Å². The summed E-state index contributed by atoms with van der Waals surface area (Å²) >= 11 is 0. The Morgan fingerprint density at radius 1 is 1.43 bits per heavy atom. The van der Waals surface area contributed by atoms with Crippen LogP contribution in [0.2, 0.25) is 0 Å². The molecule has 1 aromatic rings. The van der Waals surface area contributed by atoms with Crippen LogP contribution in [0.15, 0.2) is 18.2 Å². The van der Waals surface area contributed by atoms with Crippen molar-refractivity contribution in [3.05, 3.63) is 28.3 Å². The summed E-state index contributed by atoms with van der Waals surface area (Å²) in [5.74, 6) is -0.0350. The molecule has 0 aliphatic carbocycles. The maximum atomic E-state index is 11.6. The molecule has 0 spiro atoms. The molecule has 0 saturated carbocycles. The van der Waals surface area contributed by atoms with Crippen LogP contribution in [0.3, 0.4) is 0 Å². The quantitative estimate of drug-likeness (QED) is 0.570. The Kier molecular flexibility index (Phi) is 6.41. The van der Waals surface area contributed by atoms with E-state index < -0.39 is 4.92 Å². The zero-order valence-electron chi connectivity index (χ0n) is 12.1. The molecule has 1 atom stereocenters. The van der Waals surface area contributed by atoms with Gasteiger partial charge in [-0.3, -0.25) is 14.9 Å². The van der Waals surface area contributed by atoms with E-state index in [1.807, 2.05) is 0 Å². The van der Waals surface area contributed by atoms with Crippen LogP contribution in [0.1, 0.15) is 6.92 Å². The van der Waals surface area contributed by atoms with Gasteiger partial charge in [0.15, 0.2) is 12.4 Å². The molecule has 0 unspecified atom stereocenters. The van der Waals surface area contributed by atoms with Crippen molar-refractivity contribution in [3.8, 4) is 11.5 Å². The number of nitro groups is 1. The second kappa shape index (κ2) is 8.05. The zero-order valence-corrected chi connectivity index (χ0v) is 12.1. The Hall–Kier alpha value is -2.35. The third-order valence-electron chi connectivity index (χ3n) is 2.55. The summed E-state index contributed by atoms with van der Waals surface area (Å²) in [4.78, 5) is 22.0. The molecule has 0 bridgehead atoms. The highest BCUT2D eigenvalue weighted by atomic mass is 16.6. The van der Waals surface area contributed by atoms with Crippen LogP contribution >= 0.6 is 0 Å². The van der Waals surface area contributed by atoms with Crippen LogP contribution in [0, 0.1) is 10.1 Å². The summed E-state index contributed by atoms with van der Waals surface area (Å²) in [6, 6.07) is 3.98.